The summed E-state index contributed by atoms with van der Waals surface area (Å²) in [4.78, 5) is 7.09. The third kappa shape index (κ3) is 3.01. The monoisotopic (exact) mass is 312 g/mol. The number of hydrogen-bond donors (Lipinski definition) is 0. The van der Waals surface area contributed by atoms with Crippen molar-refractivity contribution >= 4 is 11.0 Å². The zero-order valence-corrected chi connectivity index (χ0v) is 14.5. The Morgan fingerprint density at radius 3 is 2.57 bits per heavy atom. The van der Waals surface area contributed by atoms with Crippen LogP contribution in [0.3, 0.4) is 0 Å². The van der Waals surface area contributed by atoms with Crippen molar-refractivity contribution in [2.24, 2.45) is 0 Å². The minimum atomic E-state index is 0.380. The predicted molar refractivity (Wildman–Crippen MR) is 91.3 cm³/mol. The maximum atomic E-state index is 5.26. The van der Waals surface area contributed by atoms with Gasteiger partial charge in [-0.05, 0) is 46.9 Å². The summed E-state index contributed by atoms with van der Waals surface area (Å²) in [5.74, 6) is 1.99. The van der Waals surface area contributed by atoms with Crippen molar-refractivity contribution in [3.63, 3.8) is 0 Å². The van der Waals surface area contributed by atoms with Crippen LogP contribution < -0.4 is 0 Å². The van der Waals surface area contributed by atoms with Gasteiger partial charge in [-0.3, -0.25) is 4.90 Å². The molecule has 3 aromatic rings. The van der Waals surface area contributed by atoms with Crippen molar-refractivity contribution in [3.05, 3.63) is 47.1 Å². The lowest BCUT2D eigenvalue weighted by Gasteiger charge is -2.19. The third-order valence-corrected chi connectivity index (χ3v) is 4.21. The van der Waals surface area contributed by atoms with Crippen molar-refractivity contribution in [1.82, 2.24) is 19.6 Å². The van der Waals surface area contributed by atoms with Crippen LogP contribution in [-0.2, 0) is 13.1 Å². The molecule has 0 aliphatic rings. The summed E-state index contributed by atoms with van der Waals surface area (Å²) in [6.45, 7) is 9.95. The number of aromatic nitrogens is 3. The molecule has 0 amide bonds. The van der Waals surface area contributed by atoms with Crippen LogP contribution in [0.1, 0.15) is 42.7 Å². The molecule has 0 spiro atoms. The molecular weight excluding hydrogens is 288 g/mol. The van der Waals surface area contributed by atoms with E-state index in [0.717, 1.165) is 35.9 Å². The van der Waals surface area contributed by atoms with Crippen molar-refractivity contribution < 1.29 is 4.52 Å². The van der Waals surface area contributed by atoms with E-state index in [0.29, 0.717) is 6.04 Å². The normalized spacial score (nSPS) is 12.0. The van der Waals surface area contributed by atoms with Gasteiger partial charge in [0.25, 0.3) is 0 Å². The van der Waals surface area contributed by atoms with Crippen molar-refractivity contribution in [2.75, 3.05) is 7.05 Å². The number of aryl methyl sites for hydroxylation is 2. The third-order valence-electron chi connectivity index (χ3n) is 4.21. The highest BCUT2D eigenvalue weighted by Gasteiger charge is 2.16. The summed E-state index contributed by atoms with van der Waals surface area (Å²) < 4.78 is 7.58. The number of benzene rings is 1. The summed E-state index contributed by atoms with van der Waals surface area (Å²) >= 11 is 0. The first-order valence-corrected chi connectivity index (χ1v) is 8.03. The second-order valence-electron chi connectivity index (χ2n) is 6.46. The van der Waals surface area contributed by atoms with E-state index in [1.165, 1.54) is 11.1 Å². The Balaban J connectivity index is 1.87. The Hall–Kier alpha value is -2.14. The Morgan fingerprint density at radius 1 is 1.17 bits per heavy atom. The molecule has 23 heavy (non-hydrogen) atoms. The molecular formula is C18H24N4O. The number of para-hydroxylation sites is 2. The molecule has 0 unspecified atom stereocenters. The van der Waals surface area contributed by atoms with Gasteiger partial charge in [0.15, 0.2) is 0 Å². The van der Waals surface area contributed by atoms with Gasteiger partial charge in [-0.2, -0.15) is 0 Å². The van der Waals surface area contributed by atoms with Crippen molar-refractivity contribution in [2.45, 2.75) is 46.8 Å². The van der Waals surface area contributed by atoms with E-state index in [1.54, 1.807) is 0 Å². The molecule has 0 radical (unpaired) electrons. The first kappa shape index (κ1) is 15.7. The van der Waals surface area contributed by atoms with Gasteiger partial charge in [0.2, 0.25) is 0 Å². The van der Waals surface area contributed by atoms with Gasteiger partial charge < -0.3 is 9.09 Å². The topological polar surface area (TPSA) is 47.1 Å². The molecule has 0 bridgehead atoms. The molecule has 0 saturated carbocycles. The minimum Gasteiger partial charge on any atom is -0.361 e. The molecule has 0 aliphatic carbocycles. The number of fused-ring (bicyclic) bond motifs is 1. The van der Waals surface area contributed by atoms with Crippen LogP contribution in [0.4, 0.5) is 0 Å². The Labute approximate surface area is 136 Å². The average molecular weight is 312 g/mol. The molecule has 0 atom stereocenters. The summed E-state index contributed by atoms with van der Waals surface area (Å²) in [6.07, 6.45) is 0. The van der Waals surface area contributed by atoms with Crippen LogP contribution in [0.2, 0.25) is 0 Å². The maximum Gasteiger partial charge on any atom is 0.138 e. The molecule has 5 heteroatoms. The molecule has 1 aromatic carbocycles. The summed E-state index contributed by atoms with van der Waals surface area (Å²) in [5, 5.41) is 4.03. The quantitative estimate of drug-likeness (QED) is 0.718. The molecule has 2 aromatic heterocycles. The van der Waals surface area contributed by atoms with Crippen LogP contribution in [0.15, 0.2) is 28.8 Å². The smallest absolute Gasteiger partial charge is 0.138 e. The lowest BCUT2D eigenvalue weighted by atomic mass is 10.2. The fourth-order valence-electron chi connectivity index (χ4n) is 3.08. The molecule has 0 saturated heterocycles. The molecule has 5 nitrogen and oxygen atoms in total. The minimum absolute atomic E-state index is 0.380. The fourth-order valence-corrected chi connectivity index (χ4v) is 3.08. The zero-order chi connectivity index (χ0) is 16.6. The fraction of sp³-hybridized carbons (Fsp3) is 0.444. The highest BCUT2D eigenvalue weighted by atomic mass is 16.5. The standard InChI is InChI=1S/C18H24N4O/c1-12(2)22-17-9-7-6-8-16(17)19-18(22)11-21(5)10-15-13(3)20-23-14(15)4/h6-9,12H,10-11H2,1-5H3. The van der Waals surface area contributed by atoms with Crippen LogP contribution in [0, 0.1) is 13.8 Å². The van der Waals surface area contributed by atoms with Crippen LogP contribution in [0.5, 0.6) is 0 Å². The van der Waals surface area contributed by atoms with E-state index in [1.807, 2.05) is 19.9 Å². The van der Waals surface area contributed by atoms with Gasteiger partial charge in [0.05, 0.1) is 23.3 Å². The zero-order valence-electron chi connectivity index (χ0n) is 14.5. The molecule has 2 heterocycles. The lowest BCUT2D eigenvalue weighted by molar-refractivity contribution is 0.300. The van der Waals surface area contributed by atoms with Crippen LogP contribution >= 0.6 is 0 Å². The Morgan fingerprint density at radius 2 is 1.91 bits per heavy atom. The number of rotatable bonds is 5. The van der Waals surface area contributed by atoms with E-state index in [-0.39, 0.29) is 0 Å². The first-order valence-electron chi connectivity index (χ1n) is 8.03. The highest BCUT2D eigenvalue weighted by Crippen LogP contribution is 2.22. The number of hydrogen-bond acceptors (Lipinski definition) is 4. The van der Waals surface area contributed by atoms with Crippen LogP contribution in [0.25, 0.3) is 11.0 Å². The summed E-state index contributed by atoms with van der Waals surface area (Å²) in [6, 6.07) is 8.70. The summed E-state index contributed by atoms with van der Waals surface area (Å²) in [5.41, 5.74) is 4.39. The van der Waals surface area contributed by atoms with Gasteiger partial charge in [-0.25, -0.2) is 4.98 Å². The molecule has 0 fully saturated rings. The van der Waals surface area contributed by atoms with Gasteiger partial charge in [-0.15, -0.1) is 0 Å². The predicted octanol–water partition coefficient (Wildman–Crippen LogP) is 3.85. The number of nitrogens with zero attached hydrogens (tertiary/aromatic N) is 4. The highest BCUT2D eigenvalue weighted by molar-refractivity contribution is 5.76. The van der Waals surface area contributed by atoms with E-state index >= 15 is 0 Å². The maximum absolute atomic E-state index is 5.26. The number of imidazole rings is 1. The SMILES string of the molecule is Cc1noc(C)c1CN(C)Cc1nc2ccccc2n1C(C)C. The molecule has 0 N–H and O–H groups in total. The molecule has 3 rings (SSSR count). The van der Waals surface area contributed by atoms with E-state index in [2.05, 4.69) is 53.7 Å². The van der Waals surface area contributed by atoms with Gasteiger partial charge in [0.1, 0.15) is 11.6 Å². The second kappa shape index (κ2) is 6.16. The van der Waals surface area contributed by atoms with E-state index in [4.69, 9.17) is 9.51 Å². The Kier molecular flexibility index (Phi) is 4.22. The van der Waals surface area contributed by atoms with Gasteiger partial charge in [-0.1, -0.05) is 17.3 Å². The second-order valence-corrected chi connectivity index (χ2v) is 6.46. The molecule has 0 aliphatic heterocycles. The van der Waals surface area contributed by atoms with Crippen LogP contribution in [-0.4, -0.2) is 26.7 Å². The van der Waals surface area contributed by atoms with Gasteiger partial charge >= 0.3 is 0 Å². The largest absolute Gasteiger partial charge is 0.361 e. The van der Waals surface area contributed by atoms with Crippen molar-refractivity contribution in [1.29, 1.82) is 0 Å². The Bertz CT molecular complexity index is 796. The van der Waals surface area contributed by atoms with E-state index in [9.17, 15) is 0 Å². The summed E-state index contributed by atoms with van der Waals surface area (Å²) in [7, 11) is 2.11. The first-order chi connectivity index (χ1) is 11.0. The van der Waals surface area contributed by atoms with E-state index < -0.39 is 0 Å². The lowest BCUT2D eigenvalue weighted by Crippen LogP contribution is -2.21. The molecule has 122 valence electrons. The van der Waals surface area contributed by atoms with Crippen molar-refractivity contribution in [3.8, 4) is 0 Å². The van der Waals surface area contributed by atoms with Gasteiger partial charge in [0, 0.05) is 18.2 Å². The average Bonchev–Trinajstić information content (AvgIpc) is 3.01.